The van der Waals surface area contributed by atoms with E-state index in [9.17, 15) is 4.79 Å². The van der Waals surface area contributed by atoms with E-state index in [1.807, 2.05) is 34.2 Å². The van der Waals surface area contributed by atoms with Crippen LogP contribution in [0.2, 0.25) is 15.1 Å². The monoisotopic (exact) mass is 494 g/mol. The van der Waals surface area contributed by atoms with Crippen LogP contribution < -0.4 is 5.32 Å². The lowest BCUT2D eigenvalue weighted by atomic mass is 10.3. The van der Waals surface area contributed by atoms with Crippen LogP contribution in [0.25, 0.3) is 16.4 Å². The molecular formula is C20H13Cl3N4OS2. The highest BCUT2D eigenvalue weighted by molar-refractivity contribution is 7.99. The number of benzene rings is 2. The van der Waals surface area contributed by atoms with Crippen LogP contribution in [0.3, 0.4) is 0 Å². The minimum atomic E-state index is -0.252. The highest BCUT2D eigenvalue weighted by Gasteiger charge is 2.18. The van der Waals surface area contributed by atoms with Gasteiger partial charge in [-0.15, -0.1) is 21.5 Å². The molecule has 0 unspecified atom stereocenters. The summed E-state index contributed by atoms with van der Waals surface area (Å²) in [6.45, 7) is 0. The molecule has 0 aliphatic heterocycles. The van der Waals surface area contributed by atoms with E-state index < -0.39 is 0 Å². The van der Waals surface area contributed by atoms with Gasteiger partial charge in [-0.05, 0) is 47.8 Å². The van der Waals surface area contributed by atoms with Crippen molar-refractivity contribution in [1.29, 1.82) is 0 Å². The molecule has 5 nitrogen and oxygen atoms in total. The summed E-state index contributed by atoms with van der Waals surface area (Å²) in [4.78, 5) is 13.5. The molecule has 0 radical (unpaired) electrons. The third-order valence-electron chi connectivity index (χ3n) is 4.02. The fourth-order valence-electron chi connectivity index (χ4n) is 2.67. The SMILES string of the molecule is O=C(CSc1nnc(-c2cccs2)n1-c1ccc(Cl)cc1)Nc1c(Cl)cccc1Cl. The lowest BCUT2D eigenvalue weighted by Gasteiger charge is -2.11. The highest BCUT2D eigenvalue weighted by Crippen LogP contribution is 2.32. The second-order valence-electron chi connectivity index (χ2n) is 6.03. The molecule has 0 aliphatic carbocycles. The van der Waals surface area contributed by atoms with Crippen molar-refractivity contribution in [1.82, 2.24) is 14.8 Å². The molecule has 2 aromatic heterocycles. The molecule has 2 aromatic carbocycles. The second kappa shape index (κ2) is 9.41. The largest absolute Gasteiger partial charge is 0.323 e. The van der Waals surface area contributed by atoms with E-state index in [4.69, 9.17) is 34.8 Å². The maximum Gasteiger partial charge on any atom is 0.234 e. The average Bonchev–Trinajstić information content (AvgIpc) is 3.39. The van der Waals surface area contributed by atoms with Crippen molar-refractivity contribution < 1.29 is 4.79 Å². The Hall–Kier alpha value is -2.03. The lowest BCUT2D eigenvalue weighted by molar-refractivity contribution is -0.113. The van der Waals surface area contributed by atoms with E-state index in [0.717, 1.165) is 10.6 Å². The summed E-state index contributed by atoms with van der Waals surface area (Å²) in [6.07, 6.45) is 0. The quantitative estimate of drug-likeness (QED) is 0.303. The first-order chi connectivity index (χ1) is 14.5. The predicted molar refractivity (Wildman–Crippen MR) is 125 cm³/mol. The summed E-state index contributed by atoms with van der Waals surface area (Å²) in [5.41, 5.74) is 1.25. The molecule has 0 aliphatic rings. The number of anilines is 1. The van der Waals surface area contributed by atoms with Gasteiger partial charge in [-0.2, -0.15) is 0 Å². The van der Waals surface area contributed by atoms with Crippen LogP contribution in [0.15, 0.2) is 65.1 Å². The Kier molecular flexibility index (Phi) is 6.65. The molecule has 2 heterocycles. The van der Waals surface area contributed by atoms with Crippen LogP contribution in [-0.4, -0.2) is 26.4 Å². The molecule has 0 saturated heterocycles. The molecule has 1 amide bonds. The Morgan fingerprint density at radius 1 is 1.00 bits per heavy atom. The number of carbonyl (C=O) groups excluding carboxylic acids is 1. The third-order valence-corrected chi connectivity index (χ3v) is 6.70. The van der Waals surface area contributed by atoms with Crippen LogP contribution in [0, 0.1) is 0 Å². The predicted octanol–water partition coefficient (Wildman–Crippen LogP) is 6.69. The van der Waals surface area contributed by atoms with E-state index >= 15 is 0 Å². The molecule has 0 bridgehead atoms. The zero-order valence-corrected chi connectivity index (χ0v) is 19.1. The summed E-state index contributed by atoms with van der Waals surface area (Å²) >= 11 is 21.1. The van der Waals surface area contributed by atoms with Crippen molar-refractivity contribution in [2.75, 3.05) is 11.1 Å². The van der Waals surface area contributed by atoms with E-state index in [-0.39, 0.29) is 11.7 Å². The van der Waals surface area contributed by atoms with Gasteiger partial charge in [-0.25, -0.2) is 0 Å². The molecular weight excluding hydrogens is 483 g/mol. The van der Waals surface area contributed by atoms with Crippen LogP contribution in [-0.2, 0) is 4.79 Å². The van der Waals surface area contributed by atoms with Gasteiger partial charge in [0.05, 0.1) is 26.4 Å². The van der Waals surface area contributed by atoms with E-state index in [2.05, 4.69) is 15.5 Å². The summed E-state index contributed by atoms with van der Waals surface area (Å²) in [7, 11) is 0. The molecule has 1 N–H and O–H groups in total. The number of para-hydroxylation sites is 1. The molecule has 4 aromatic rings. The number of hydrogen-bond acceptors (Lipinski definition) is 5. The van der Waals surface area contributed by atoms with Crippen molar-refractivity contribution in [2.24, 2.45) is 0 Å². The lowest BCUT2D eigenvalue weighted by Crippen LogP contribution is -2.15. The molecule has 10 heteroatoms. The Balaban J connectivity index is 1.58. The zero-order chi connectivity index (χ0) is 21.1. The number of nitrogens with zero attached hydrogens (tertiary/aromatic N) is 3. The molecule has 4 rings (SSSR count). The molecule has 30 heavy (non-hydrogen) atoms. The smallest absolute Gasteiger partial charge is 0.234 e. The highest BCUT2D eigenvalue weighted by atomic mass is 35.5. The van der Waals surface area contributed by atoms with Crippen molar-refractivity contribution in [2.45, 2.75) is 5.16 Å². The minimum Gasteiger partial charge on any atom is -0.323 e. The molecule has 152 valence electrons. The van der Waals surface area contributed by atoms with Crippen molar-refractivity contribution in [3.8, 4) is 16.4 Å². The number of thiophene rings is 1. The number of halogens is 3. The van der Waals surface area contributed by atoms with Crippen molar-refractivity contribution >= 4 is 69.5 Å². The zero-order valence-electron chi connectivity index (χ0n) is 15.2. The number of carbonyl (C=O) groups is 1. The Morgan fingerprint density at radius 2 is 1.73 bits per heavy atom. The van der Waals surface area contributed by atoms with Crippen LogP contribution in [0.1, 0.15) is 0 Å². The van der Waals surface area contributed by atoms with E-state index in [1.165, 1.54) is 11.8 Å². The molecule has 0 spiro atoms. The number of hydrogen-bond donors (Lipinski definition) is 1. The molecule has 0 fully saturated rings. The second-order valence-corrected chi connectivity index (χ2v) is 9.17. The normalized spacial score (nSPS) is 10.9. The summed E-state index contributed by atoms with van der Waals surface area (Å²) in [5.74, 6) is 0.556. The number of aromatic nitrogens is 3. The maximum atomic E-state index is 12.5. The minimum absolute atomic E-state index is 0.109. The van der Waals surface area contributed by atoms with E-state index in [0.29, 0.717) is 31.7 Å². The number of nitrogens with one attached hydrogen (secondary N) is 1. The van der Waals surface area contributed by atoms with Gasteiger partial charge in [0.2, 0.25) is 5.91 Å². The first-order valence-corrected chi connectivity index (χ1v) is 11.6. The van der Waals surface area contributed by atoms with Gasteiger partial charge in [-0.1, -0.05) is 58.7 Å². The van der Waals surface area contributed by atoms with Crippen LogP contribution >= 0.6 is 57.9 Å². The Bertz CT molecular complexity index is 1160. The number of amides is 1. The van der Waals surface area contributed by atoms with Crippen LogP contribution in [0.5, 0.6) is 0 Å². The van der Waals surface area contributed by atoms with Crippen molar-refractivity contribution in [3.63, 3.8) is 0 Å². The van der Waals surface area contributed by atoms with Gasteiger partial charge in [0.1, 0.15) is 0 Å². The number of thioether (sulfide) groups is 1. The standard InChI is InChI=1S/C20H13Cl3N4OS2/c21-12-6-8-13(9-7-12)27-19(16-5-2-10-29-16)25-26-20(27)30-11-17(28)24-18-14(22)3-1-4-15(18)23/h1-10H,11H2,(H,24,28). The van der Waals surface area contributed by atoms with Gasteiger partial charge >= 0.3 is 0 Å². The Labute approximate surface area is 196 Å². The van der Waals surface area contributed by atoms with Gasteiger partial charge < -0.3 is 5.32 Å². The topological polar surface area (TPSA) is 59.8 Å². The summed E-state index contributed by atoms with van der Waals surface area (Å²) < 4.78 is 1.91. The van der Waals surface area contributed by atoms with Crippen molar-refractivity contribution in [3.05, 3.63) is 75.0 Å². The van der Waals surface area contributed by atoms with Crippen LogP contribution in [0.4, 0.5) is 5.69 Å². The van der Waals surface area contributed by atoms with E-state index in [1.54, 1.807) is 41.7 Å². The fraction of sp³-hybridized carbons (Fsp3) is 0.0500. The maximum absolute atomic E-state index is 12.5. The van der Waals surface area contributed by atoms with Gasteiger partial charge in [0, 0.05) is 10.7 Å². The number of rotatable bonds is 6. The molecule has 0 atom stereocenters. The summed E-state index contributed by atoms with van der Waals surface area (Å²) in [6, 6.07) is 16.4. The summed E-state index contributed by atoms with van der Waals surface area (Å²) in [5, 5.41) is 15.4. The third kappa shape index (κ3) is 4.66. The molecule has 0 saturated carbocycles. The van der Waals surface area contributed by atoms with Gasteiger partial charge in [0.25, 0.3) is 0 Å². The first kappa shape index (κ1) is 21.2. The average molecular weight is 496 g/mol. The first-order valence-electron chi connectivity index (χ1n) is 8.65. The van der Waals surface area contributed by atoms with Gasteiger partial charge in [0.15, 0.2) is 11.0 Å². The Morgan fingerprint density at radius 3 is 2.40 bits per heavy atom. The van der Waals surface area contributed by atoms with Gasteiger partial charge in [-0.3, -0.25) is 9.36 Å². The fourth-order valence-corrected chi connectivity index (χ4v) is 4.74.